The van der Waals surface area contributed by atoms with E-state index in [9.17, 15) is 4.79 Å². The van der Waals surface area contributed by atoms with Crippen molar-refractivity contribution in [3.8, 4) is 0 Å². The monoisotopic (exact) mass is 183 g/mol. The molecule has 1 N–H and O–H groups in total. The second-order valence-corrected chi connectivity index (χ2v) is 3.96. The Morgan fingerprint density at radius 1 is 1.38 bits per heavy atom. The number of ketones is 1. The molecule has 1 aliphatic carbocycles. The predicted molar refractivity (Wildman–Crippen MR) is 54.7 cm³/mol. The summed E-state index contributed by atoms with van der Waals surface area (Å²) in [5.41, 5.74) is 0. The van der Waals surface area contributed by atoms with Crippen LogP contribution in [0.5, 0.6) is 0 Å². The van der Waals surface area contributed by atoms with Gasteiger partial charge in [-0.15, -0.1) is 0 Å². The summed E-state index contributed by atoms with van der Waals surface area (Å²) in [4.78, 5) is 11.6. The molecule has 0 heterocycles. The van der Waals surface area contributed by atoms with Crippen LogP contribution in [-0.4, -0.2) is 18.4 Å². The molecule has 0 aromatic heterocycles. The Bertz CT molecular complexity index is 159. The van der Waals surface area contributed by atoms with Crippen LogP contribution < -0.4 is 5.32 Å². The first kappa shape index (κ1) is 10.7. The lowest BCUT2D eigenvalue weighted by molar-refractivity contribution is -0.122. The summed E-state index contributed by atoms with van der Waals surface area (Å²) in [6.45, 7) is 5.08. The third-order valence-corrected chi connectivity index (χ3v) is 2.82. The van der Waals surface area contributed by atoms with Crippen molar-refractivity contribution in [2.75, 3.05) is 6.54 Å². The molecule has 0 radical (unpaired) electrons. The SMILES string of the molecule is CCC(CC)C(=O)CCNC1CC1. The second-order valence-electron chi connectivity index (χ2n) is 3.96. The van der Waals surface area contributed by atoms with Crippen LogP contribution in [0, 0.1) is 5.92 Å². The van der Waals surface area contributed by atoms with Crippen LogP contribution in [0.1, 0.15) is 46.0 Å². The molecule has 2 heteroatoms. The van der Waals surface area contributed by atoms with Gasteiger partial charge < -0.3 is 5.32 Å². The summed E-state index contributed by atoms with van der Waals surface area (Å²) >= 11 is 0. The van der Waals surface area contributed by atoms with E-state index in [0.717, 1.165) is 31.8 Å². The van der Waals surface area contributed by atoms with Crippen molar-refractivity contribution in [3.05, 3.63) is 0 Å². The summed E-state index contributed by atoms with van der Waals surface area (Å²) in [5.74, 6) is 0.749. The Labute approximate surface area is 81.1 Å². The molecule has 2 nitrogen and oxygen atoms in total. The average Bonchev–Trinajstić information content (AvgIpc) is 2.90. The lowest BCUT2D eigenvalue weighted by atomic mass is 9.96. The molecule has 0 aliphatic heterocycles. The molecule has 0 spiro atoms. The normalized spacial score (nSPS) is 16.5. The summed E-state index contributed by atoms with van der Waals surface area (Å²) in [5, 5.41) is 3.37. The van der Waals surface area contributed by atoms with Gasteiger partial charge in [0.1, 0.15) is 5.78 Å². The molecular formula is C11H21NO. The van der Waals surface area contributed by atoms with E-state index in [1.807, 2.05) is 0 Å². The minimum Gasteiger partial charge on any atom is -0.314 e. The maximum Gasteiger partial charge on any atom is 0.137 e. The Kier molecular flexibility index (Phi) is 4.43. The van der Waals surface area contributed by atoms with E-state index >= 15 is 0 Å². The number of Topliss-reactive ketones (excluding diaryl/α,β-unsaturated/α-hetero) is 1. The smallest absolute Gasteiger partial charge is 0.137 e. The standard InChI is InChI=1S/C11H21NO/c1-3-9(4-2)11(13)7-8-12-10-5-6-10/h9-10,12H,3-8H2,1-2H3. The molecule has 1 aliphatic rings. The van der Waals surface area contributed by atoms with Crippen LogP contribution in [0.3, 0.4) is 0 Å². The zero-order chi connectivity index (χ0) is 9.68. The van der Waals surface area contributed by atoms with Gasteiger partial charge in [-0.3, -0.25) is 4.79 Å². The van der Waals surface area contributed by atoms with E-state index in [4.69, 9.17) is 0 Å². The van der Waals surface area contributed by atoms with Crippen molar-refractivity contribution in [2.24, 2.45) is 5.92 Å². The van der Waals surface area contributed by atoms with E-state index in [2.05, 4.69) is 19.2 Å². The summed E-state index contributed by atoms with van der Waals surface area (Å²) in [7, 11) is 0. The maximum absolute atomic E-state index is 11.6. The second kappa shape index (κ2) is 5.38. The molecule has 13 heavy (non-hydrogen) atoms. The molecule has 0 aromatic carbocycles. The van der Waals surface area contributed by atoms with Crippen LogP contribution in [0.25, 0.3) is 0 Å². The number of rotatable bonds is 7. The Hall–Kier alpha value is -0.370. The van der Waals surface area contributed by atoms with Crippen molar-refractivity contribution in [1.82, 2.24) is 5.32 Å². The third kappa shape index (κ3) is 3.90. The Balaban J connectivity index is 2.07. The van der Waals surface area contributed by atoms with E-state index in [0.29, 0.717) is 11.7 Å². The van der Waals surface area contributed by atoms with Gasteiger partial charge in [0.25, 0.3) is 0 Å². The molecule has 0 unspecified atom stereocenters. The minimum atomic E-state index is 0.306. The molecule has 0 amide bonds. The van der Waals surface area contributed by atoms with Crippen LogP contribution in [0.2, 0.25) is 0 Å². The number of hydrogen-bond acceptors (Lipinski definition) is 2. The average molecular weight is 183 g/mol. The number of nitrogens with one attached hydrogen (secondary N) is 1. The van der Waals surface area contributed by atoms with Gasteiger partial charge in [0.15, 0.2) is 0 Å². The lowest BCUT2D eigenvalue weighted by Crippen LogP contribution is -2.23. The van der Waals surface area contributed by atoms with Crippen molar-refractivity contribution >= 4 is 5.78 Å². The number of carbonyl (C=O) groups is 1. The summed E-state index contributed by atoms with van der Waals surface area (Å²) in [6.07, 6.45) is 5.33. The van der Waals surface area contributed by atoms with Crippen LogP contribution >= 0.6 is 0 Å². The topological polar surface area (TPSA) is 29.1 Å². The molecule has 0 atom stereocenters. The first-order chi connectivity index (χ1) is 6.27. The van der Waals surface area contributed by atoms with Gasteiger partial charge in [-0.25, -0.2) is 0 Å². The molecule has 76 valence electrons. The van der Waals surface area contributed by atoms with Crippen molar-refractivity contribution in [1.29, 1.82) is 0 Å². The fourth-order valence-corrected chi connectivity index (χ4v) is 1.64. The lowest BCUT2D eigenvalue weighted by Gasteiger charge is -2.10. The van der Waals surface area contributed by atoms with Gasteiger partial charge in [-0.05, 0) is 25.7 Å². The quantitative estimate of drug-likeness (QED) is 0.655. The largest absolute Gasteiger partial charge is 0.314 e. The number of carbonyl (C=O) groups excluding carboxylic acids is 1. The molecule has 0 aromatic rings. The third-order valence-electron chi connectivity index (χ3n) is 2.82. The first-order valence-corrected chi connectivity index (χ1v) is 5.54. The van der Waals surface area contributed by atoms with E-state index in [1.54, 1.807) is 0 Å². The molecule has 1 saturated carbocycles. The van der Waals surface area contributed by atoms with E-state index < -0.39 is 0 Å². The zero-order valence-corrected chi connectivity index (χ0v) is 8.81. The highest BCUT2D eigenvalue weighted by atomic mass is 16.1. The van der Waals surface area contributed by atoms with Crippen LogP contribution in [0.15, 0.2) is 0 Å². The van der Waals surface area contributed by atoms with Gasteiger partial charge in [0, 0.05) is 24.9 Å². The predicted octanol–water partition coefficient (Wildman–Crippen LogP) is 2.13. The Morgan fingerprint density at radius 2 is 2.00 bits per heavy atom. The summed E-state index contributed by atoms with van der Waals surface area (Å²) < 4.78 is 0. The Morgan fingerprint density at radius 3 is 2.46 bits per heavy atom. The first-order valence-electron chi connectivity index (χ1n) is 5.54. The van der Waals surface area contributed by atoms with Crippen molar-refractivity contribution in [2.45, 2.75) is 52.0 Å². The van der Waals surface area contributed by atoms with Gasteiger partial charge in [-0.1, -0.05) is 13.8 Å². The molecule has 0 saturated heterocycles. The highest BCUT2D eigenvalue weighted by Crippen LogP contribution is 2.18. The van der Waals surface area contributed by atoms with Gasteiger partial charge in [0.2, 0.25) is 0 Å². The van der Waals surface area contributed by atoms with E-state index in [-0.39, 0.29) is 0 Å². The van der Waals surface area contributed by atoms with E-state index in [1.165, 1.54) is 12.8 Å². The molecular weight excluding hydrogens is 162 g/mol. The van der Waals surface area contributed by atoms with Crippen LogP contribution in [-0.2, 0) is 4.79 Å². The fourth-order valence-electron chi connectivity index (χ4n) is 1.64. The highest BCUT2D eigenvalue weighted by Gasteiger charge is 2.21. The van der Waals surface area contributed by atoms with Gasteiger partial charge in [-0.2, -0.15) is 0 Å². The summed E-state index contributed by atoms with van der Waals surface area (Å²) in [6, 6.07) is 0.731. The van der Waals surface area contributed by atoms with Crippen LogP contribution in [0.4, 0.5) is 0 Å². The van der Waals surface area contributed by atoms with Gasteiger partial charge >= 0.3 is 0 Å². The van der Waals surface area contributed by atoms with Gasteiger partial charge in [0.05, 0.1) is 0 Å². The zero-order valence-electron chi connectivity index (χ0n) is 8.81. The fraction of sp³-hybridized carbons (Fsp3) is 0.909. The highest BCUT2D eigenvalue weighted by molar-refractivity contribution is 5.81. The maximum atomic E-state index is 11.6. The molecule has 0 bridgehead atoms. The molecule has 1 fully saturated rings. The van der Waals surface area contributed by atoms with Crippen molar-refractivity contribution < 1.29 is 4.79 Å². The van der Waals surface area contributed by atoms with Crippen molar-refractivity contribution in [3.63, 3.8) is 0 Å². The number of hydrogen-bond donors (Lipinski definition) is 1. The minimum absolute atomic E-state index is 0.306. The molecule has 1 rings (SSSR count).